The van der Waals surface area contributed by atoms with Crippen LogP contribution in [0.1, 0.15) is 13.8 Å². The molecule has 8 nitrogen and oxygen atoms in total. The Kier molecular flexibility index (Phi) is 4.23. The van der Waals surface area contributed by atoms with Crippen LogP contribution in [0.25, 0.3) is 0 Å². The zero-order chi connectivity index (χ0) is 14.9. The average molecular weight is 316 g/mol. The van der Waals surface area contributed by atoms with E-state index < -0.39 is 24.1 Å². The quantitative estimate of drug-likeness (QED) is 0.353. The van der Waals surface area contributed by atoms with E-state index in [4.69, 9.17) is 4.74 Å². The van der Waals surface area contributed by atoms with E-state index >= 15 is 0 Å². The van der Waals surface area contributed by atoms with Gasteiger partial charge in [-0.15, -0.1) is 10.2 Å². The highest BCUT2D eigenvalue weighted by molar-refractivity contribution is 8.01. The van der Waals surface area contributed by atoms with Gasteiger partial charge >= 0.3 is 12.0 Å². The second-order valence-electron chi connectivity index (χ2n) is 3.81. The third-order valence-corrected chi connectivity index (χ3v) is 4.33. The van der Waals surface area contributed by atoms with Crippen LogP contribution < -0.4 is 4.90 Å². The number of rotatable bonds is 4. The van der Waals surface area contributed by atoms with Crippen molar-refractivity contribution in [1.29, 1.82) is 0 Å². The van der Waals surface area contributed by atoms with Gasteiger partial charge in [0.1, 0.15) is 0 Å². The van der Waals surface area contributed by atoms with Crippen LogP contribution in [0.2, 0.25) is 0 Å². The lowest BCUT2D eigenvalue weighted by atomic mass is 10.5. The maximum Gasteiger partial charge on any atom is 0.336 e. The van der Waals surface area contributed by atoms with Crippen molar-refractivity contribution in [2.75, 3.05) is 17.7 Å². The molecule has 0 saturated carbocycles. The summed E-state index contributed by atoms with van der Waals surface area (Å²) >= 11 is 2.61. The molecule has 1 fully saturated rings. The Labute approximate surface area is 123 Å². The third kappa shape index (κ3) is 2.61. The van der Waals surface area contributed by atoms with Gasteiger partial charge in [-0.3, -0.25) is 14.5 Å². The predicted octanol–water partition coefficient (Wildman–Crippen LogP) is 0.938. The molecule has 0 spiro atoms. The Bertz CT molecular complexity index is 561. The van der Waals surface area contributed by atoms with Crippen molar-refractivity contribution in [1.82, 2.24) is 15.1 Å². The van der Waals surface area contributed by atoms with Gasteiger partial charge in [0.2, 0.25) is 5.13 Å². The number of carbonyl (C=O) groups is 3. The van der Waals surface area contributed by atoms with E-state index in [1.54, 1.807) is 0 Å². The first-order valence-electron chi connectivity index (χ1n) is 5.70. The topological polar surface area (TPSA) is 92.7 Å². The molecule has 10 heteroatoms. The molecule has 1 aromatic rings. The normalized spacial score (nSPS) is 18.9. The number of ether oxygens (including phenoxy) is 1. The Hall–Kier alpha value is -1.68. The molecule has 1 aliphatic heterocycles. The highest BCUT2D eigenvalue weighted by atomic mass is 32.2. The molecule has 3 amide bonds. The van der Waals surface area contributed by atoms with Gasteiger partial charge in [-0.25, -0.2) is 4.79 Å². The minimum Gasteiger partial charge on any atom is -0.432 e. The first-order valence-corrected chi connectivity index (χ1v) is 7.50. The summed E-state index contributed by atoms with van der Waals surface area (Å²) in [4.78, 5) is 37.1. The van der Waals surface area contributed by atoms with Crippen LogP contribution in [-0.2, 0) is 14.3 Å². The second kappa shape index (κ2) is 5.75. The molecule has 2 rings (SSSR count). The molecule has 0 aromatic carbocycles. The number of amides is 3. The van der Waals surface area contributed by atoms with Crippen LogP contribution in [0.15, 0.2) is 4.34 Å². The molecule has 1 saturated heterocycles. The van der Waals surface area contributed by atoms with Crippen LogP contribution in [0.5, 0.6) is 0 Å². The van der Waals surface area contributed by atoms with Crippen molar-refractivity contribution in [3.63, 3.8) is 0 Å². The summed E-state index contributed by atoms with van der Waals surface area (Å²) in [6.07, 6.45) is -1.24. The number of imide groups is 1. The fourth-order valence-electron chi connectivity index (χ4n) is 1.57. The van der Waals surface area contributed by atoms with Gasteiger partial charge in [-0.1, -0.05) is 30.0 Å². The molecular weight excluding hydrogens is 304 g/mol. The summed E-state index contributed by atoms with van der Waals surface area (Å²) in [5.74, 6) is -0.465. The molecule has 1 unspecified atom stereocenters. The average Bonchev–Trinajstić information content (AvgIpc) is 2.90. The largest absolute Gasteiger partial charge is 0.432 e. The van der Waals surface area contributed by atoms with Gasteiger partial charge in [0.05, 0.1) is 0 Å². The fourth-order valence-corrected chi connectivity index (χ4v) is 3.30. The molecular formula is C10H12N4O4S2. The SMILES string of the molecule is CCSc1nnc(N2C(=O)C(OC(C)=O)N(C)C2=O)s1. The zero-order valence-electron chi connectivity index (χ0n) is 11.0. The Morgan fingerprint density at radius 2 is 2.15 bits per heavy atom. The van der Waals surface area contributed by atoms with Crippen LogP contribution in [0.4, 0.5) is 9.93 Å². The molecule has 1 aliphatic rings. The number of anilines is 1. The summed E-state index contributed by atoms with van der Waals surface area (Å²) in [6, 6.07) is -0.592. The highest BCUT2D eigenvalue weighted by Gasteiger charge is 2.47. The molecule has 108 valence electrons. The van der Waals surface area contributed by atoms with Gasteiger partial charge < -0.3 is 4.74 Å². The number of carbonyl (C=O) groups excluding carboxylic acids is 3. The van der Waals surface area contributed by atoms with E-state index in [0.717, 1.165) is 26.9 Å². The van der Waals surface area contributed by atoms with Crippen molar-refractivity contribution >= 4 is 46.1 Å². The number of thioether (sulfide) groups is 1. The smallest absolute Gasteiger partial charge is 0.336 e. The van der Waals surface area contributed by atoms with E-state index in [1.807, 2.05) is 6.92 Å². The van der Waals surface area contributed by atoms with Crippen molar-refractivity contribution in [2.45, 2.75) is 24.4 Å². The van der Waals surface area contributed by atoms with Gasteiger partial charge in [0.25, 0.3) is 12.1 Å². The standard InChI is InChI=1S/C10H12N4O4S2/c1-4-19-9-12-11-8(20-9)14-6(16)7(18-5(2)15)13(3)10(14)17/h7H,4H2,1-3H3. The van der Waals surface area contributed by atoms with Gasteiger partial charge in [-0.05, 0) is 5.75 Å². The Morgan fingerprint density at radius 1 is 1.45 bits per heavy atom. The molecule has 1 aromatic heterocycles. The number of aromatic nitrogens is 2. The minimum atomic E-state index is -1.24. The summed E-state index contributed by atoms with van der Waals surface area (Å²) in [5.41, 5.74) is 0. The minimum absolute atomic E-state index is 0.178. The van der Waals surface area contributed by atoms with Gasteiger partial charge in [0.15, 0.2) is 4.34 Å². The first-order chi connectivity index (χ1) is 9.45. The van der Waals surface area contributed by atoms with E-state index in [9.17, 15) is 14.4 Å². The van der Waals surface area contributed by atoms with Crippen LogP contribution >= 0.6 is 23.1 Å². The second-order valence-corrected chi connectivity index (χ2v) is 6.28. The summed E-state index contributed by atoms with van der Waals surface area (Å²) in [6.45, 7) is 3.14. The number of esters is 1. The molecule has 20 heavy (non-hydrogen) atoms. The zero-order valence-corrected chi connectivity index (χ0v) is 12.7. The van der Waals surface area contributed by atoms with Crippen LogP contribution in [0, 0.1) is 0 Å². The van der Waals surface area contributed by atoms with Gasteiger partial charge in [0, 0.05) is 14.0 Å². The molecule has 0 aliphatic carbocycles. The third-order valence-electron chi connectivity index (χ3n) is 2.41. The van der Waals surface area contributed by atoms with E-state index in [1.165, 1.54) is 25.7 Å². The van der Waals surface area contributed by atoms with E-state index in [-0.39, 0.29) is 5.13 Å². The number of urea groups is 1. The fraction of sp³-hybridized carbons (Fsp3) is 0.500. The van der Waals surface area contributed by atoms with Crippen LogP contribution in [-0.4, -0.2) is 52.0 Å². The molecule has 0 bridgehead atoms. The molecule has 2 heterocycles. The Balaban J connectivity index is 2.25. The number of likely N-dealkylation sites (N-methyl/N-ethyl adjacent to an activating group) is 1. The number of hydrogen-bond acceptors (Lipinski definition) is 8. The van der Waals surface area contributed by atoms with Crippen molar-refractivity contribution in [3.8, 4) is 0 Å². The Morgan fingerprint density at radius 3 is 2.75 bits per heavy atom. The maximum absolute atomic E-state index is 12.1. The van der Waals surface area contributed by atoms with Crippen molar-refractivity contribution in [3.05, 3.63) is 0 Å². The summed E-state index contributed by atoms with van der Waals surface area (Å²) < 4.78 is 5.51. The lowest BCUT2D eigenvalue weighted by molar-refractivity contribution is -0.157. The van der Waals surface area contributed by atoms with E-state index in [0.29, 0.717) is 4.34 Å². The van der Waals surface area contributed by atoms with Crippen molar-refractivity contribution < 1.29 is 19.1 Å². The monoisotopic (exact) mass is 316 g/mol. The summed E-state index contributed by atoms with van der Waals surface area (Å²) in [7, 11) is 1.39. The predicted molar refractivity (Wildman–Crippen MR) is 72.5 cm³/mol. The summed E-state index contributed by atoms with van der Waals surface area (Å²) in [5, 5.41) is 7.90. The molecule has 0 radical (unpaired) electrons. The number of nitrogens with zero attached hydrogens (tertiary/aromatic N) is 4. The molecule has 1 atom stereocenters. The lowest BCUT2D eigenvalue weighted by Gasteiger charge is -2.14. The van der Waals surface area contributed by atoms with E-state index in [2.05, 4.69) is 10.2 Å². The lowest BCUT2D eigenvalue weighted by Crippen LogP contribution is -2.35. The van der Waals surface area contributed by atoms with Crippen LogP contribution in [0.3, 0.4) is 0 Å². The molecule has 0 N–H and O–H groups in total. The van der Waals surface area contributed by atoms with Gasteiger partial charge in [-0.2, -0.15) is 4.90 Å². The highest BCUT2D eigenvalue weighted by Crippen LogP contribution is 2.31. The van der Waals surface area contributed by atoms with Crippen molar-refractivity contribution in [2.24, 2.45) is 0 Å². The maximum atomic E-state index is 12.1. The first kappa shape index (κ1) is 14.7. The number of hydrogen-bond donors (Lipinski definition) is 0.